The molecule has 0 saturated carbocycles. The van der Waals surface area contributed by atoms with Gasteiger partial charge in [0.15, 0.2) is 11.4 Å². The van der Waals surface area contributed by atoms with Crippen LogP contribution >= 0.6 is 0 Å². The van der Waals surface area contributed by atoms with E-state index in [2.05, 4.69) is 10.3 Å². The molecule has 1 N–H and O–H groups in total. The molecule has 0 fully saturated rings. The van der Waals surface area contributed by atoms with Crippen LogP contribution in [0.4, 0.5) is 0 Å². The first-order chi connectivity index (χ1) is 11.5. The van der Waals surface area contributed by atoms with Crippen LogP contribution in [0.5, 0.6) is 5.75 Å². The van der Waals surface area contributed by atoms with E-state index < -0.39 is 17.8 Å². The van der Waals surface area contributed by atoms with Crippen molar-refractivity contribution in [3.63, 3.8) is 0 Å². The molecule has 132 valence electrons. The van der Waals surface area contributed by atoms with Crippen LogP contribution in [0.15, 0.2) is 12.3 Å². The number of hydrogen-bond acceptors (Lipinski definition) is 7. The van der Waals surface area contributed by atoms with Crippen LogP contribution in [0.1, 0.15) is 47.5 Å². The van der Waals surface area contributed by atoms with E-state index in [1.165, 1.54) is 19.4 Å². The summed E-state index contributed by atoms with van der Waals surface area (Å²) in [6.45, 7) is 3.94. The van der Waals surface area contributed by atoms with Gasteiger partial charge in [-0.3, -0.25) is 9.59 Å². The second kappa shape index (κ2) is 10.2. The lowest BCUT2D eigenvalue weighted by Crippen LogP contribution is -2.31. The fraction of sp³-hybridized carbons (Fsp3) is 0.500. The Bertz CT molecular complexity index is 588. The maximum atomic E-state index is 12.1. The third-order valence-corrected chi connectivity index (χ3v) is 2.95. The lowest BCUT2D eigenvalue weighted by Gasteiger charge is -2.10. The molecule has 0 aliphatic heterocycles. The number of ether oxygens (including phenoxy) is 3. The van der Waals surface area contributed by atoms with E-state index in [1.807, 2.05) is 6.92 Å². The van der Waals surface area contributed by atoms with Gasteiger partial charge in [-0.05, 0) is 19.4 Å². The second-order valence-electron chi connectivity index (χ2n) is 4.75. The first kappa shape index (κ1) is 19.4. The molecule has 0 unspecified atom stereocenters. The molecule has 8 nitrogen and oxygen atoms in total. The lowest BCUT2D eigenvalue weighted by molar-refractivity contribution is -0.142. The maximum absolute atomic E-state index is 12.1. The van der Waals surface area contributed by atoms with Gasteiger partial charge in [0, 0.05) is 6.20 Å². The van der Waals surface area contributed by atoms with Gasteiger partial charge in [-0.1, -0.05) is 13.3 Å². The van der Waals surface area contributed by atoms with Crippen molar-refractivity contribution in [2.24, 2.45) is 0 Å². The lowest BCUT2D eigenvalue weighted by atomic mass is 10.2. The molecular weight excluding hydrogens is 316 g/mol. The van der Waals surface area contributed by atoms with Gasteiger partial charge in [0.25, 0.3) is 5.91 Å². The van der Waals surface area contributed by atoms with Crippen LogP contribution < -0.4 is 10.1 Å². The number of esters is 2. The molecule has 0 atom stereocenters. The quantitative estimate of drug-likeness (QED) is 0.535. The molecule has 0 aliphatic carbocycles. The molecule has 8 heteroatoms. The van der Waals surface area contributed by atoms with Gasteiger partial charge >= 0.3 is 11.9 Å². The van der Waals surface area contributed by atoms with E-state index in [-0.39, 0.29) is 30.2 Å². The van der Waals surface area contributed by atoms with E-state index in [9.17, 15) is 14.4 Å². The van der Waals surface area contributed by atoms with E-state index in [0.717, 1.165) is 12.8 Å². The monoisotopic (exact) mass is 338 g/mol. The Balaban J connectivity index is 2.69. The molecule has 1 aromatic heterocycles. The van der Waals surface area contributed by atoms with Gasteiger partial charge in [0.1, 0.15) is 6.54 Å². The molecule has 1 heterocycles. The molecule has 0 bridgehead atoms. The Morgan fingerprint density at radius 1 is 1.21 bits per heavy atom. The van der Waals surface area contributed by atoms with Crippen molar-refractivity contribution in [3.8, 4) is 5.75 Å². The zero-order valence-corrected chi connectivity index (χ0v) is 14.1. The van der Waals surface area contributed by atoms with Crippen molar-refractivity contribution in [2.45, 2.75) is 26.7 Å². The number of pyridine rings is 1. The van der Waals surface area contributed by atoms with Crippen LogP contribution in [0.2, 0.25) is 0 Å². The first-order valence-corrected chi connectivity index (χ1v) is 7.68. The molecule has 1 rings (SSSR count). The average Bonchev–Trinajstić information content (AvgIpc) is 2.59. The number of amides is 1. The van der Waals surface area contributed by atoms with Gasteiger partial charge in [-0.25, -0.2) is 9.78 Å². The molecule has 0 aliphatic rings. The smallest absolute Gasteiger partial charge is 0.339 e. The van der Waals surface area contributed by atoms with Gasteiger partial charge in [0.05, 0.1) is 25.9 Å². The van der Waals surface area contributed by atoms with Crippen molar-refractivity contribution in [1.29, 1.82) is 0 Å². The van der Waals surface area contributed by atoms with Gasteiger partial charge in [0.2, 0.25) is 0 Å². The zero-order chi connectivity index (χ0) is 17.9. The van der Waals surface area contributed by atoms with E-state index in [0.29, 0.717) is 6.61 Å². The Hall–Kier alpha value is -2.64. The number of carbonyl (C=O) groups is 3. The fourth-order valence-corrected chi connectivity index (χ4v) is 1.71. The summed E-state index contributed by atoms with van der Waals surface area (Å²) in [6, 6.07) is 1.36. The number of aromatic nitrogens is 1. The van der Waals surface area contributed by atoms with Crippen molar-refractivity contribution >= 4 is 17.8 Å². The van der Waals surface area contributed by atoms with Crippen LogP contribution in [-0.4, -0.2) is 49.7 Å². The third-order valence-electron chi connectivity index (χ3n) is 2.95. The van der Waals surface area contributed by atoms with Crippen molar-refractivity contribution in [3.05, 3.63) is 23.5 Å². The molecule has 24 heavy (non-hydrogen) atoms. The summed E-state index contributed by atoms with van der Waals surface area (Å²) in [5.41, 5.74) is 0.135. The minimum Gasteiger partial charge on any atom is -0.494 e. The first-order valence-electron chi connectivity index (χ1n) is 7.68. The number of unbranched alkanes of at least 4 members (excludes halogenated alkanes) is 1. The van der Waals surface area contributed by atoms with E-state index >= 15 is 0 Å². The molecule has 0 aromatic carbocycles. The van der Waals surface area contributed by atoms with Crippen molar-refractivity contribution < 1.29 is 28.6 Å². The molecule has 0 saturated heterocycles. The number of methoxy groups -OCH3 is 1. The Kier molecular flexibility index (Phi) is 8.24. The van der Waals surface area contributed by atoms with Crippen LogP contribution in [0, 0.1) is 0 Å². The summed E-state index contributed by atoms with van der Waals surface area (Å²) in [4.78, 5) is 39.1. The molecule has 0 spiro atoms. The Morgan fingerprint density at radius 2 is 1.96 bits per heavy atom. The summed E-state index contributed by atoms with van der Waals surface area (Å²) < 4.78 is 14.9. The predicted octanol–water partition coefficient (Wildman–Crippen LogP) is 1.34. The normalized spacial score (nSPS) is 9.96. The molecule has 1 aromatic rings. The standard InChI is InChI=1S/C16H22N2O6/c1-4-6-7-24-13(19)10-18-15(20)14-12(22-3)8-11(9-17-14)16(21)23-5-2/h8-9H,4-7,10H2,1-3H3,(H,18,20). The molecular formula is C16H22N2O6. The largest absolute Gasteiger partial charge is 0.494 e. The molecule has 1 amide bonds. The van der Waals surface area contributed by atoms with Gasteiger partial charge in [-0.2, -0.15) is 0 Å². The summed E-state index contributed by atoms with van der Waals surface area (Å²) in [7, 11) is 1.35. The number of carbonyl (C=O) groups excluding carboxylic acids is 3. The van der Waals surface area contributed by atoms with Crippen LogP contribution in [0.3, 0.4) is 0 Å². The Morgan fingerprint density at radius 3 is 2.58 bits per heavy atom. The van der Waals surface area contributed by atoms with Crippen LogP contribution in [-0.2, 0) is 14.3 Å². The highest BCUT2D eigenvalue weighted by Gasteiger charge is 2.18. The zero-order valence-electron chi connectivity index (χ0n) is 14.1. The summed E-state index contributed by atoms with van der Waals surface area (Å²) in [5, 5.41) is 2.40. The highest BCUT2D eigenvalue weighted by Crippen LogP contribution is 2.18. The summed E-state index contributed by atoms with van der Waals surface area (Å²) >= 11 is 0. The highest BCUT2D eigenvalue weighted by atomic mass is 16.5. The third kappa shape index (κ3) is 5.86. The maximum Gasteiger partial charge on any atom is 0.339 e. The fourth-order valence-electron chi connectivity index (χ4n) is 1.71. The highest BCUT2D eigenvalue weighted by molar-refractivity contribution is 5.98. The number of rotatable bonds is 9. The number of nitrogens with one attached hydrogen (secondary N) is 1. The van der Waals surface area contributed by atoms with Gasteiger partial charge in [-0.15, -0.1) is 0 Å². The number of nitrogens with zero attached hydrogens (tertiary/aromatic N) is 1. The average molecular weight is 338 g/mol. The summed E-state index contributed by atoms with van der Waals surface area (Å²) in [6.07, 6.45) is 2.90. The second-order valence-corrected chi connectivity index (χ2v) is 4.75. The SMILES string of the molecule is CCCCOC(=O)CNC(=O)c1ncc(C(=O)OCC)cc1OC. The number of hydrogen-bond donors (Lipinski definition) is 1. The predicted molar refractivity (Wildman–Crippen MR) is 84.9 cm³/mol. The van der Waals surface area contributed by atoms with Crippen LogP contribution in [0.25, 0.3) is 0 Å². The molecule has 0 radical (unpaired) electrons. The summed E-state index contributed by atoms with van der Waals surface area (Å²) in [5.74, 6) is -1.58. The topological polar surface area (TPSA) is 104 Å². The minimum absolute atomic E-state index is 0.0353. The van der Waals surface area contributed by atoms with E-state index in [4.69, 9.17) is 14.2 Å². The van der Waals surface area contributed by atoms with Gasteiger partial charge < -0.3 is 19.5 Å². The van der Waals surface area contributed by atoms with Crippen molar-refractivity contribution in [1.82, 2.24) is 10.3 Å². The van der Waals surface area contributed by atoms with Crippen molar-refractivity contribution in [2.75, 3.05) is 26.9 Å². The minimum atomic E-state index is -0.602. The van der Waals surface area contributed by atoms with E-state index in [1.54, 1.807) is 6.92 Å². The Labute approximate surface area is 140 Å².